The summed E-state index contributed by atoms with van der Waals surface area (Å²) in [7, 11) is 1.69. The molecule has 0 unspecified atom stereocenters. The number of methoxy groups -OCH3 is 1. The molecule has 0 radical (unpaired) electrons. The number of nitrogens with zero attached hydrogens (tertiary/aromatic N) is 3. The van der Waals surface area contributed by atoms with E-state index in [1.807, 2.05) is 48.6 Å². The van der Waals surface area contributed by atoms with Crippen LogP contribution < -0.4 is 0 Å². The number of para-hydroxylation sites is 1. The molecule has 0 aliphatic carbocycles. The lowest BCUT2D eigenvalue weighted by Gasteiger charge is -2.23. The van der Waals surface area contributed by atoms with Crippen molar-refractivity contribution in [2.75, 3.05) is 20.3 Å². The van der Waals surface area contributed by atoms with Crippen molar-refractivity contribution in [2.45, 2.75) is 20.0 Å². The van der Waals surface area contributed by atoms with E-state index in [4.69, 9.17) is 9.15 Å². The molecule has 0 saturated carbocycles. The summed E-state index contributed by atoms with van der Waals surface area (Å²) in [5, 5.41) is 0.985. The highest BCUT2D eigenvalue weighted by molar-refractivity contribution is 5.98. The molecule has 3 heterocycles. The molecular formula is C19H21N3O3. The summed E-state index contributed by atoms with van der Waals surface area (Å²) in [5.41, 5.74) is 2.67. The van der Waals surface area contributed by atoms with Crippen molar-refractivity contribution in [3.63, 3.8) is 0 Å². The Kier molecular flexibility index (Phi) is 4.05. The van der Waals surface area contributed by atoms with Crippen molar-refractivity contribution in [2.24, 2.45) is 5.92 Å². The molecule has 130 valence electrons. The topological polar surface area (TPSA) is 60.5 Å². The van der Waals surface area contributed by atoms with E-state index in [1.165, 1.54) is 0 Å². The number of furan rings is 1. The summed E-state index contributed by atoms with van der Waals surface area (Å²) in [5.74, 6) is 0.559. The van der Waals surface area contributed by atoms with Crippen LogP contribution in [0.25, 0.3) is 11.0 Å². The van der Waals surface area contributed by atoms with Gasteiger partial charge in [0.2, 0.25) is 0 Å². The maximum atomic E-state index is 13.2. The van der Waals surface area contributed by atoms with Gasteiger partial charge in [-0.1, -0.05) is 18.2 Å². The zero-order valence-electron chi connectivity index (χ0n) is 14.4. The predicted molar refractivity (Wildman–Crippen MR) is 93.3 cm³/mol. The first-order chi connectivity index (χ1) is 12.2. The lowest BCUT2D eigenvalue weighted by Crippen LogP contribution is -2.35. The maximum absolute atomic E-state index is 13.2. The number of fused-ring (bicyclic) bond motifs is 2. The van der Waals surface area contributed by atoms with Crippen LogP contribution in [0.4, 0.5) is 0 Å². The number of aromatic nitrogens is 2. The average Bonchev–Trinajstić information content (AvgIpc) is 3.14. The van der Waals surface area contributed by atoms with Gasteiger partial charge >= 0.3 is 0 Å². The molecule has 1 aromatic carbocycles. The van der Waals surface area contributed by atoms with Crippen molar-refractivity contribution in [1.29, 1.82) is 0 Å². The Bertz CT molecular complexity index is 912. The molecule has 1 amide bonds. The van der Waals surface area contributed by atoms with Gasteiger partial charge < -0.3 is 18.6 Å². The van der Waals surface area contributed by atoms with E-state index in [2.05, 4.69) is 9.55 Å². The fraction of sp³-hybridized carbons (Fsp3) is 0.368. The number of imidazole rings is 1. The Morgan fingerprint density at radius 1 is 1.36 bits per heavy atom. The number of benzene rings is 1. The number of amides is 1. The molecule has 0 bridgehead atoms. The Morgan fingerprint density at radius 3 is 3.00 bits per heavy atom. The van der Waals surface area contributed by atoms with Gasteiger partial charge in [-0.15, -0.1) is 0 Å². The van der Waals surface area contributed by atoms with Gasteiger partial charge in [-0.05, 0) is 13.0 Å². The van der Waals surface area contributed by atoms with E-state index in [0.29, 0.717) is 25.5 Å². The van der Waals surface area contributed by atoms with E-state index >= 15 is 0 Å². The second kappa shape index (κ2) is 6.37. The minimum absolute atomic E-state index is 0.0792. The molecule has 6 nitrogen and oxygen atoms in total. The number of aryl methyl sites for hydroxylation is 1. The number of ether oxygens (including phenoxy) is 1. The van der Waals surface area contributed by atoms with Gasteiger partial charge in [-0.2, -0.15) is 0 Å². The summed E-state index contributed by atoms with van der Waals surface area (Å²) in [6.45, 7) is 4.49. The standard InChI is InChI=1S/C19H21N3O3/c1-13-16-5-3-4-6-17(16)25-18(13)19(23)21-8-14(11-24-2)9-22-12-20-7-15(22)10-21/h3-7,12,14H,8-11H2,1-2H3/t14-/m1/s1. The predicted octanol–water partition coefficient (Wildman–Crippen LogP) is 2.86. The summed E-state index contributed by atoms with van der Waals surface area (Å²) >= 11 is 0. The van der Waals surface area contributed by atoms with Crippen molar-refractivity contribution in [3.8, 4) is 0 Å². The molecule has 25 heavy (non-hydrogen) atoms. The van der Waals surface area contributed by atoms with Crippen molar-refractivity contribution < 1.29 is 13.9 Å². The highest BCUT2D eigenvalue weighted by Crippen LogP contribution is 2.27. The van der Waals surface area contributed by atoms with Gasteiger partial charge in [0, 0.05) is 43.3 Å². The zero-order valence-corrected chi connectivity index (χ0v) is 14.4. The third-order valence-corrected chi connectivity index (χ3v) is 4.81. The highest BCUT2D eigenvalue weighted by atomic mass is 16.5. The molecule has 3 aromatic rings. The quantitative estimate of drug-likeness (QED) is 0.736. The van der Waals surface area contributed by atoms with Crippen molar-refractivity contribution >= 4 is 16.9 Å². The lowest BCUT2D eigenvalue weighted by atomic mass is 10.1. The van der Waals surface area contributed by atoms with Crippen LogP contribution in [0.5, 0.6) is 0 Å². The van der Waals surface area contributed by atoms with Crippen LogP contribution >= 0.6 is 0 Å². The van der Waals surface area contributed by atoms with Crippen LogP contribution in [0.2, 0.25) is 0 Å². The fourth-order valence-corrected chi connectivity index (χ4v) is 3.57. The molecule has 1 aliphatic rings. The monoisotopic (exact) mass is 339 g/mol. The van der Waals surface area contributed by atoms with Crippen LogP contribution in [-0.2, 0) is 17.8 Å². The van der Waals surface area contributed by atoms with E-state index < -0.39 is 0 Å². The molecule has 0 saturated heterocycles. The van der Waals surface area contributed by atoms with Gasteiger partial charge in [-0.3, -0.25) is 4.79 Å². The number of rotatable bonds is 3. The summed E-state index contributed by atoms with van der Waals surface area (Å²) < 4.78 is 13.3. The largest absolute Gasteiger partial charge is 0.451 e. The second-order valence-corrected chi connectivity index (χ2v) is 6.60. The highest BCUT2D eigenvalue weighted by Gasteiger charge is 2.29. The smallest absolute Gasteiger partial charge is 0.290 e. The Balaban J connectivity index is 1.69. The minimum atomic E-state index is -0.0792. The molecule has 0 N–H and O–H groups in total. The van der Waals surface area contributed by atoms with Crippen LogP contribution in [-0.4, -0.2) is 40.6 Å². The zero-order chi connectivity index (χ0) is 17.4. The molecule has 0 spiro atoms. The summed E-state index contributed by atoms with van der Waals surface area (Å²) in [6.07, 6.45) is 3.64. The Labute approximate surface area is 146 Å². The third kappa shape index (κ3) is 2.82. The molecule has 1 aliphatic heterocycles. The lowest BCUT2D eigenvalue weighted by molar-refractivity contribution is 0.0638. The first kappa shape index (κ1) is 15.9. The second-order valence-electron chi connectivity index (χ2n) is 6.60. The van der Waals surface area contributed by atoms with Gasteiger partial charge in [0.05, 0.1) is 25.2 Å². The normalized spacial score (nSPS) is 17.5. The number of carbonyl (C=O) groups is 1. The molecule has 1 atom stereocenters. The third-order valence-electron chi connectivity index (χ3n) is 4.81. The van der Waals surface area contributed by atoms with Gasteiger partial charge in [0.1, 0.15) is 5.58 Å². The van der Waals surface area contributed by atoms with Crippen LogP contribution in [0.15, 0.2) is 41.2 Å². The van der Waals surface area contributed by atoms with Gasteiger partial charge in [0.15, 0.2) is 5.76 Å². The molecule has 6 heteroatoms. The summed E-state index contributed by atoms with van der Waals surface area (Å²) in [4.78, 5) is 19.2. The molecule has 0 fully saturated rings. The number of hydrogen-bond donors (Lipinski definition) is 0. The minimum Gasteiger partial charge on any atom is -0.451 e. The SMILES string of the molecule is COC[C@@H]1CN(C(=O)c2oc3ccccc3c2C)Cc2cncn2C1. The average molecular weight is 339 g/mol. The summed E-state index contributed by atoms with van der Waals surface area (Å²) in [6, 6.07) is 7.75. The van der Waals surface area contributed by atoms with E-state index in [0.717, 1.165) is 28.8 Å². The maximum Gasteiger partial charge on any atom is 0.290 e. The van der Waals surface area contributed by atoms with E-state index in [-0.39, 0.29) is 11.8 Å². The van der Waals surface area contributed by atoms with Crippen LogP contribution in [0, 0.1) is 12.8 Å². The molecular weight excluding hydrogens is 318 g/mol. The van der Waals surface area contributed by atoms with Crippen molar-refractivity contribution in [1.82, 2.24) is 14.5 Å². The first-order valence-corrected chi connectivity index (χ1v) is 8.42. The Morgan fingerprint density at radius 2 is 2.20 bits per heavy atom. The van der Waals surface area contributed by atoms with Gasteiger partial charge in [0.25, 0.3) is 5.91 Å². The van der Waals surface area contributed by atoms with Crippen LogP contribution in [0.3, 0.4) is 0 Å². The van der Waals surface area contributed by atoms with E-state index in [9.17, 15) is 4.79 Å². The first-order valence-electron chi connectivity index (χ1n) is 8.42. The van der Waals surface area contributed by atoms with Crippen molar-refractivity contribution in [3.05, 3.63) is 53.8 Å². The van der Waals surface area contributed by atoms with Gasteiger partial charge in [-0.25, -0.2) is 4.98 Å². The fourth-order valence-electron chi connectivity index (χ4n) is 3.57. The van der Waals surface area contributed by atoms with Crippen LogP contribution in [0.1, 0.15) is 21.8 Å². The van der Waals surface area contributed by atoms with E-state index in [1.54, 1.807) is 7.11 Å². The molecule has 2 aromatic heterocycles. The number of carbonyl (C=O) groups excluding carboxylic acids is 1. The Hall–Kier alpha value is -2.60. The number of hydrogen-bond acceptors (Lipinski definition) is 4. The molecule has 4 rings (SSSR count).